The van der Waals surface area contributed by atoms with Crippen molar-refractivity contribution in [2.75, 3.05) is 55.5 Å². The van der Waals surface area contributed by atoms with E-state index < -0.39 is 0 Å². The summed E-state index contributed by atoms with van der Waals surface area (Å²) in [7, 11) is 12.4. The van der Waals surface area contributed by atoms with Gasteiger partial charge in [0.15, 0.2) is 12.4 Å². The third-order valence-electron chi connectivity index (χ3n) is 9.68. The Morgan fingerprint density at radius 2 is 1.14 bits per heavy atom. The first kappa shape index (κ1) is 42.4. The first-order chi connectivity index (χ1) is 27.4. The number of nitrogens with zero attached hydrogens (tertiary/aromatic N) is 7. The van der Waals surface area contributed by atoms with Gasteiger partial charge in [-0.25, -0.2) is 22.8 Å². The maximum atomic E-state index is 2.34. The second kappa shape index (κ2) is 23.3. The van der Waals surface area contributed by atoms with Gasteiger partial charge in [-0.3, -0.25) is 0 Å². The fraction of sp³-hybridized carbons (Fsp3) is 0.326. The maximum absolute atomic E-state index is 2.34. The van der Waals surface area contributed by atoms with Crippen molar-refractivity contribution >= 4 is 51.2 Å². The number of imidazole rings is 2. The largest absolute Gasteiger partial charge is 0.374 e. The van der Waals surface area contributed by atoms with Crippen LogP contribution in [-0.4, -0.2) is 54.9 Å². The molecule has 2 N–H and O–H groups in total. The minimum atomic E-state index is 1.02. The molecule has 0 bridgehead atoms. The number of anilines is 2. The molecule has 2 aromatic carbocycles. The van der Waals surface area contributed by atoms with Crippen molar-refractivity contribution in [1.29, 1.82) is 0 Å². The zero-order valence-corrected chi connectivity index (χ0v) is 35.7. The lowest BCUT2D eigenvalue weighted by Gasteiger charge is -2.18. The van der Waals surface area contributed by atoms with Crippen LogP contribution in [0.2, 0.25) is 0 Å². The molecule has 0 saturated carbocycles. The molecule has 5 rings (SSSR count). The molecule has 56 heavy (non-hydrogen) atoms. The zero-order valence-electron chi connectivity index (χ0n) is 34.0. The summed E-state index contributed by atoms with van der Waals surface area (Å²) in [5, 5.41) is 2.05. The highest BCUT2D eigenvalue weighted by molar-refractivity contribution is 8.76. The maximum Gasteiger partial charge on any atom is 0.243 e. The van der Waals surface area contributed by atoms with Crippen molar-refractivity contribution in [2.24, 2.45) is 7.05 Å². The van der Waals surface area contributed by atoms with E-state index in [9.17, 15) is 0 Å². The monoisotopic (exact) mass is 790 g/mol. The van der Waals surface area contributed by atoms with Crippen molar-refractivity contribution < 1.29 is 19.0 Å². The number of hydrogen-bond acceptors (Lipinski definition) is 4. The summed E-state index contributed by atoms with van der Waals surface area (Å²) in [6.45, 7) is 8.20. The number of quaternary nitrogens is 1. The average molecular weight is 791 g/mol. The highest BCUT2D eigenvalue weighted by Gasteiger charge is 2.08. The molecule has 5 aromatic rings. The van der Waals surface area contributed by atoms with Crippen molar-refractivity contribution in [3.63, 3.8) is 0 Å². The van der Waals surface area contributed by atoms with Gasteiger partial charge in [0.1, 0.15) is 31.8 Å². The van der Waals surface area contributed by atoms with E-state index in [1.165, 1.54) is 33.6 Å². The van der Waals surface area contributed by atoms with E-state index in [1.54, 1.807) is 0 Å². The molecule has 0 aliphatic rings. The molecule has 0 radical (unpaired) electrons. The molecule has 0 saturated heterocycles. The third-order valence-corrected chi connectivity index (χ3v) is 12.0. The van der Waals surface area contributed by atoms with Gasteiger partial charge in [0.2, 0.25) is 12.7 Å². The molecule has 10 heteroatoms. The summed E-state index contributed by atoms with van der Waals surface area (Å²) in [5.74, 6) is 2.20. The third kappa shape index (κ3) is 14.7. The van der Waals surface area contributed by atoms with Crippen molar-refractivity contribution in [2.45, 2.75) is 45.9 Å². The van der Waals surface area contributed by atoms with Crippen molar-refractivity contribution in [1.82, 2.24) is 9.13 Å². The summed E-state index contributed by atoms with van der Waals surface area (Å²) in [6.07, 6.45) is 34.6. The van der Waals surface area contributed by atoms with Crippen LogP contribution in [0.15, 0.2) is 141 Å². The Kier molecular flexibility index (Phi) is 17.7. The summed E-state index contributed by atoms with van der Waals surface area (Å²) < 4.78 is 11.3. The van der Waals surface area contributed by atoms with Gasteiger partial charge in [0.25, 0.3) is 0 Å². The van der Waals surface area contributed by atoms with E-state index in [0.29, 0.717) is 0 Å². The predicted octanol–water partition coefficient (Wildman–Crippen LogP) is 6.66. The SMILES string of the molecule is C/C=C(\C=C/[NH2+]C)/C=C/c1ccc(N(C)CCC[n+]2ccn(CCSSCCn3cc[n+](CCCN(C)c4ccc(/C=C/c5cc[n+](C)cc5)cc4)c3)c2)cc1. The molecule has 0 aliphatic heterocycles. The van der Waals surface area contributed by atoms with E-state index in [4.69, 9.17) is 0 Å². The normalized spacial score (nSPS) is 12.1. The van der Waals surface area contributed by atoms with Gasteiger partial charge in [-0.15, -0.1) is 0 Å². The Morgan fingerprint density at radius 1 is 0.661 bits per heavy atom. The highest BCUT2D eigenvalue weighted by Crippen LogP contribution is 2.21. The lowest BCUT2D eigenvalue weighted by molar-refractivity contribution is -0.696. The second-order valence-electron chi connectivity index (χ2n) is 14.1. The second-order valence-corrected chi connectivity index (χ2v) is 16.8. The molecule has 3 heterocycles. The van der Waals surface area contributed by atoms with E-state index in [2.05, 4.69) is 202 Å². The summed E-state index contributed by atoms with van der Waals surface area (Å²) in [5.41, 5.74) is 7.34. The van der Waals surface area contributed by atoms with Gasteiger partial charge in [-0.2, -0.15) is 0 Å². The number of aryl methyl sites for hydroxylation is 5. The topological polar surface area (TPSA) is 44.6 Å². The summed E-state index contributed by atoms with van der Waals surface area (Å²) >= 11 is 0. The van der Waals surface area contributed by atoms with Gasteiger partial charge in [0, 0.05) is 75.0 Å². The van der Waals surface area contributed by atoms with Crippen LogP contribution >= 0.6 is 21.6 Å². The van der Waals surface area contributed by atoms with Crippen LogP contribution in [-0.2, 0) is 33.2 Å². The molecule has 0 fully saturated rings. The molecule has 0 amide bonds. The van der Waals surface area contributed by atoms with E-state index in [1.807, 2.05) is 45.6 Å². The van der Waals surface area contributed by atoms with Crippen LogP contribution in [0.4, 0.5) is 11.4 Å². The molecule has 8 nitrogen and oxygen atoms in total. The lowest BCUT2D eigenvalue weighted by atomic mass is 10.1. The van der Waals surface area contributed by atoms with Gasteiger partial charge in [-0.05, 0) is 59.5 Å². The van der Waals surface area contributed by atoms with Gasteiger partial charge >= 0.3 is 0 Å². The highest BCUT2D eigenvalue weighted by atomic mass is 33.1. The van der Waals surface area contributed by atoms with E-state index >= 15 is 0 Å². The van der Waals surface area contributed by atoms with Gasteiger partial charge < -0.3 is 15.1 Å². The summed E-state index contributed by atoms with van der Waals surface area (Å²) in [6, 6.07) is 21.9. The van der Waals surface area contributed by atoms with Crippen LogP contribution in [0.25, 0.3) is 18.2 Å². The van der Waals surface area contributed by atoms with Crippen molar-refractivity contribution in [3.05, 3.63) is 157 Å². The Balaban J connectivity index is 0.903. The van der Waals surface area contributed by atoms with Crippen LogP contribution in [0.5, 0.6) is 0 Å². The number of allylic oxidation sites excluding steroid dienone is 4. The average Bonchev–Trinajstić information content (AvgIpc) is 3.88. The number of nitrogens with two attached hydrogens (primary N) is 1. The Morgan fingerprint density at radius 3 is 1.62 bits per heavy atom. The smallest absolute Gasteiger partial charge is 0.243 e. The quantitative estimate of drug-likeness (QED) is 0.0348. The fourth-order valence-corrected chi connectivity index (χ4v) is 8.15. The number of pyridine rings is 1. The van der Waals surface area contributed by atoms with E-state index in [-0.39, 0.29) is 0 Å². The van der Waals surface area contributed by atoms with Crippen LogP contribution < -0.4 is 28.8 Å². The number of rotatable bonds is 23. The van der Waals surface area contributed by atoms with Crippen LogP contribution in [0.3, 0.4) is 0 Å². The molecule has 3 aromatic heterocycles. The fourth-order valence-electron chi connectivity index (χ4n) is 6.19. The number of aromatic nitrogens is 5. The first-order valence-electron chi connectivity index (χ1n) is 19.8. The van der Waals surface area contributed by atoms with Crippen LogP contribution in [0, 0.1) is 0 Å². The molecular formula is C46H62N8S2+4. The van der Waals surface area contributed by atoms with Gasteiger partial charge in [0.05, 0.1) is 39.4 Å². The minimum absolute atomic E-state index is 1.02. The standard InChI is InChI=1S/C46H61N8S2/c1-6-41(21-24-47-2)9-10-42-13-17-45(18-14-42)49(4)25-7-27-51-31-33-53(39-51)35-37-55-56-38-36-54-34-32-52(40-54)28-8-26-50(5)46-19-15-43(16-20-46)11-12-44-22-29-48(3)30-23-44/h6,9-24,29-34,39-40,47H,7-8,25-28,35-38H2,1-5H3/q+3/p+1/b10-9+,24-21-,41-6-. The Hall–Kier alpha value is -4.77. The van der Waals surface area contributed by atoms with E-state index in [0.717, 1.165) is 63.6 Å². The molecular weight excluding hydrogens is 729 g/mol. The molecule has 0 atom stereocenters. The number of benzene rings is 2. The Bertz CT molecular complexity index is 1990. The molecule has 0 spiro atoms. The molecule has 294 valence electrons. The first-order valence-corrected chi connectivity index (χ1v) is 22.3. The minimum Gasteiger partial charge on any atom is -0.374 e. The summed E-state index contributed by atoms with van der Waals surface area (Å²) in [4.78, 5) is 4.69. The predicted molar refractivity (Wildman–Crippen MR) is 239 cm³/mol. The molecule has 0 aliphatic carbocycles. The van der Waals surface area contributed by atoms with Crippen LogP contribution in [0.1, 0.15) is 36.5 Å². The van der Waals surface area contributed by atoms with Crippen molar-refractivity contribution in [3.8, 4) is 0 Å². The number of hydrogen-bond donors (Lipinski definition) is 1. The molecule has 0 unspecified atom stereocenters. The Labute approximate surface area is 343 Å². The lowest BCUT2D eigenvalue weighted by Crippen LogP contribution is -2.72. The zero-order chi connectivity index (χ0) is 39.4. The van der Waals surface area contributed by atoms with Gasteiger partial charge in [-0.1, -0.05) is 76.2 Å².